The number of hydrogen-bond acceptors (Lipinski definition) is 8. The van der Waals surface area contributed by atoms with E-state index in [2.05, 4.69) is 15.7 Å². The lowest BCUT2D eigenvalue weighted by molar-refractivity contribution is -0.00564. The normalized spacial score (nSPS) is 18.4. The SMILES string of the molecule is C#CCOCCOCCOCCOCCN1CCN(CCCN)C(CCO)C1. The Morgan fingerprint density at radius 3 is 2.18 bits per heavy atom. The molecule has 0 aromatic heterocycles. The highest BCUT2D eigenvalue weighted by Crippen LogP contribution is 2.13. The van der Waals surface area contributed by atoms with Crippen LogP contribution in [-0.4, -0.2) is 120 Å². The monoisotopic (exact) mass is 401 g/mol. The molecule has 0 aliphatic carbocycles. The number of rotatable bonds is 18. The van der Waals surface area contributed by atoms with Gasteiger partial charge in [-0.15, -0.1) is 6.42 Å². The van der Waals surface area contributed by atoms with Crippen LogP contribution < -0.4 is 5.73 Å². The Bertz CT molecular complexity index is 395. The second-order valence-corrected chi connectivity index (χ2v) is 6.74. The Labute approximate surface area is 170 Å². The fraction of sp³-hybridized carbons (Fsp3) is 0.900. The first kappa shape index (κ1) is 25.3. The average Bonchev–Trinajstić information content (AvgIpc) is 2.71. The van der Waals surface area contributed by atoms with E-state index >= 15 is 0 Å². The molecule has 28 heavy (non-hydrogen) atoms. The van der Waals surface area contributed by atoms with E-state index in [4.69, 9.17) is 31.1 Å². The molecule has 1 aliphatic rings. The maximum atomic E-state index is 9.32. The lowest BCUT2D eigenvalue weighted by Crippen LogP contribution is -2.54. The molecule has 0 radical (unpaired) electrons. The number of ether oxygens (including phenoxy) is 4. The number of hydrogen-bond donors (Lipinski definition) is 2. The van der Waals surface area contributed by atoms with Crippen molar-refractivity contribution >= 4 is 0 Å². The third kappa shape index (κ3) is 12.6. The Morgan fingerprint density at radius 1 is 0.929 bits per heavy atom. The molecule has 0 saturated carbocycles. The molecule has 1 saturated heterocycles. The molecule has 1 fully saturated rings. The fourth-order valence-corrected chi connectivity index (χ4v) is 3.16. The molecule has 1 heterocycles. The van der Waals surface area contributed by atoms with E-state index in [-0.39, 0.29) is 6.61 Å². The number of nitrogens with zero attached hydrogens (tertiary/aromatic N) is 2. The van der Waals surface area contributed by atoms with Gasteiger partial charge in [0.05, 0.1) is 46.2 Å². The summed E-state index contributed by atoms with van der Waals surface area (Å²) in [5, 5.41) is 9.32. The number of piperazine rings is 1. The van der Waals surface area contributed by atoms with Crippen LogP contribution in [0.3, 0.4) is 0 Å². The lowest BCUT2D eigenvalue weighted by Gasteiger charge is -2.41. The van der Waals surface area contributed by atoms with E-state index in [0.717, 1.165) is 52.1 Å². The molecule has 3 N–H and O–H groups in total. The first-order valence-electron chi connectivity index (χ1n) is 10.3. The summed E-state index contributed by atoms with van der Waals surface area (Å²) >= 11 is 0. The minimum atomic E-state index is 0.229. The van der Waals surface area contributed by atoms with Crippen LogP contribution in [0.5, 0.6) is 0 Å². The zero-order valence-electron chi connectivity index (χ0n) is 17.2. The quantitative estimate of drug-likeness (QED) is 0.233. The van der Waals surface area contributed by atoms with Gasteiger partial charge in [0, 0.05) is 38.8 Å². The zero-order chi connectivity index (χ0) is 20.3. The highest BCUT2D eigenvalue weighted by molar-refractivity contribution is 4.83. The average molecular weight is 402 g/mol. The van der Waals surface area contributed by atoms with Crippen molar-refractivity contribution in [1.82, 2.24) is 9.80 Å². The van der Waals surface area contributed by atoms with Crippen LogP contribution in [0.1, 0.15) is 12.8 Å². The van der Waals surface area contributed by atoms with Gasteiger partial charge in [0.25, 0.3) is 0 Å². The highest BCUT2D eigenvalue weighted by Gasteiger charge is 2.25. The van der Waals surface area contributed by atoms with Crippen LogP contribution in [0.15, 0.2) is 0 Å². The minimum Gasteiger partial charge on any atom is -0.396 e. The summed E-state index contributed by atoms with van der Waals surface area (Å²) in [6.07, 6.45) is 6.90. The largest absolute Gasteiger partial charge is 0.396 e. The summed E-state index contributed by atoms with van der Waals surface area (Å²) in [5.41, 5.74) is 5.62. The van der Waals surface area contributed by atoms with E-state index in [0.29, 0.717) is 58.9 Å². The molecule has 0 spiro atoms. The van der Waals surface area contributed by atoms with Crippen molar-refractivity contribution in [3.63, 3.8) is 0 Å². The molecule has 1 aliphatic heterocycles. The second kappa shape index (κ2) is 18.3. The topological polar surface area (TPSA) is 89.7 Å². The Balaban J connectivity index is 1.95. The van der Waals surface area contributed by atoms with Crippen LogP contribution in [-0.2, 0) is 18.9 Å². The van der Waals surface area contributed by atoms with Gasteiger partial charge in [-0.05, 0) is 25.9 Å². The number of aliphatic hydroxyl groups is 1. The van der Waals surface area contributed by atoms with Gasteiger partial charge in [-0.1, -0.05) is 5.92 Å². The molecule has 0 aromatic rings. The third-order valence-corrected chi connectivity index (χ3v) is 4.65. The van der Waals surface area contributed by atoms with Crippen molar-refractivity contribution in [2.75, 3.05) is 98.7 Å². The lowest BCUT2D eigenvalue weighted by atomic mass is 10.1. The van der Waals surface area contributed by atoms with Crippen molar-refractivity contribution in [2.24, 2.45) is 5.73 Å². The van der Waals surface area contributed by atoms with Gasteiger partial charge in [-0.3, -0.25) is 9.80 Å². The molecule has 1 unspecified atom stereocenters. The smallest absolute Gasteiger partial charge is 0.107 e. The molecule has 1 rings (SSSR count). The van der Waals surface area contributed by atoms with Gasteiger partial charge in [0.1, 0.15) is 6.61 Å². The zero-order valence-corrected chi connectivity index (χ0v) is 17.2. The van der Waals surface area contributed by atoms with Gasteiger partial charge >= 0.3 is 0 Å². The fourth-order valence-electron chi connectivity index (χ4n) is 3.16. The van der Waals surface area contributed by atoms with Crippen molar-refractivity contribution in [1.29, 1.82) is 0 Å². The first-order chi connectivity index (χ1) is 13.8. The van der Waals surface area contributed by atoms with E-state index in [1.54, 1.807) is 0 Å². The number of nitrogens with two attached hydrogens (primary N) is 1. The minimum absolute atomic E-state index is 0.229. The van der Waals surface area contributed by atoms with Crippen LogP contribution in [0, 0.1) is 12.3 Å². The van der Waals surface area contributed by atoms with Gasteiger partial charge < -0.3 is 29.8 Å². The Hall–Kier alpha value is -0.760. The van der Waals surface area contributed by atoms with E-state index in [1.165, 1.54) is 0 Å². The summed E-state index contributed by atoms with van der Waals surface area (Å²) in [6.45, 7) is 10.2. The van der Waals surface area contributed by atoms with Crippen molar-refractivity contribution in [3.05, 3.63) is 0 Å². The Morgan fingerprint density at radius 2 is 1.57 bits per heavy atom. The number of aliphatic hydroxyl groups excluding tert-OH is 1. The van der Waals surface area contributed by atoms with Gasteiger partial charge in [0.2, 0.25) is 0 Å². The van der Waals surface area contributed by atoms with E-state index < -0.39 is 0 Å². The summed E-state index contributed by atoms with van der Waals surface area (Å²) in [4.78, 5) is 4.87. The van der Waals surface area contributed by atoms with Crippen LogP contribution >= 0.6 is 0 Å². The summed E-state index contributed by atoms with van der Waals surface area (Å²) in [6, 6.07) is 0.408. The maximum Gasteiger partial charge on any atom is 0.107 e. The summed E-state index contributed by atoms with van der Waals surface area (Å²) in [5.74, 6) is 2.41. The standard InChI is InChI=1S/C20H39N3O5/c1-2-11-25-13-15-27-17-18-28-16-14-26-12-9-22-7-8-23(6-3-5-21)20(19-22)4-10-24/h1,20,24H,3-19,21H2. The number of terminal acetylenes is 1. The molecule has 8 nitrogen and oxygen atoms in total. The van der Waals surface area contributed by atoms with Crippen LogP contribution in [0.25, 0.3) is 0 Å². The molecule has 0 amide bonds. The molecular formula is C20H39N3O5. The summed E-state index contributed by atoms with van der Waals surface area (Å²) in [7, 11) is 0. The van der Waals surface area contributed by atoms with E-state index in [9.17, 15) is 5.11 Å². The Kier molecular flexibility index (Phi) is 16.5. The molecular weight excluding hydrogens is 362 g/mol. The molecule has 1 atom stereocenters. The molecule has 0 aromatic carbocycles. The third-order valence-electron chi connectivity index (χ3n) is 4.65. The summed E-state index contributed by atoms with van der Waals surface area (Å²) < 4.78 is 21.6. The van der Waals surface area contributed by atoms with Gasteiger partial charge in [-0.2, -0.15) is 0 Å². The van der Waals surface area contributed by atoms with Gasteiger partial charge in [-0.25, -0.2) is 0 Å². The van der Waals surface area contributed by atoms with Crippen molar-refractivity contribution in [2.45, 2.75) is 18.9 Å². The first-order valence-corrected chi connectivity index (χ1v) is 10.3. The molecule has 0 bridgehead atoms. The molecule has 164 valence electrons. The van der Waals surface area contributed by atoms with Crippen LogP contribution in [0.4, 0.5) is 0 Å². The van der Waals surface area contributed by atoms with Gasteiger partial charge in [0.15, 0.2) is 0 Å². The highest BCUT2D eigenvalue weighted by atomic mass is 16.6. The predicted molar refractivity (Wildman–Crippen MR) is 109 cm³/mol. The predicted octanol–water partition coefficient (Wildman–Crippen LogP) is -0.597. The van der Waals surface area contributed by atoms with Crippen molar-refractivity contribution in [3.8, 4) is 12.3 Å². The van der Waals surface area contributed by atoms with E-state index in [1.807, 2.05) is 0 Å². The second-order valence-electron chi connectivity index (χ2n) is 6.74. The van der Waals surface area contributed by atoms with Crippen LogP contribution in [0.2, 0.25) is 0 Å². The molecule has 8 heteroatoms. The maximum absolute atomic E-state index is 9.32. The van der Waals surface area contributed by atoms with Crippen molar-refractivity contribution < 1.29 is 24.1 Å².